The summed E-state index contributed by atoms with van der Waals surface area (Å²) >= 11 is 0. The Labute approximate surface area is 101 Å². The van der Waals surface area contributed by atoms with Gasteiger partial charge in [-0.25, -0.2) is 10.8 Å². The fourth-order valence-corrected chi connectivity index (χ4v) is 1.96. The van der Waals surface area contributed by atoms with Gasteiger partial charge in [-0.3, -0.25) is 5.43 Å². The van der Waals surface area contributed by atoms with Crippen LogP contribution in [0.25, 0.3) is 0 Å². The number of hydrogen-bond donors (Lipinski definition) is 3. The molecule has 1 aromatic heterocycles. The van der Waals surface area contributed by atoms with Gasteiger partial charge in [0.2, 0.25) is 5.95 Å². The van der Waals surface area contributed by atoms with Gasteiger partial charge in [0.25, 0.3) is 0 Å². The van der Waals surface area contributed by atoms with Crippen molar-refractivity contribution in [3.63, 3.8) is 0 Å². The highest BCUT2D eigenvalue weighted by Crippen LogP contribution is 2.21. The maximum absolute atomic E-state index is 5.52. The zero-order valence-corrected chi connectivity index (χ0v) is 10.2. The van der Waals surface area contributed by atoms with Crippen LogP contribution in [-0.4, -0.2) is 29.2 Å². The van der Waals surface area contributed by atoms with Crippen molar-refractivity contribution in [1.29, 1.82) is 0 Å². The highest BCUT2D eigenvalue weighted by Gasteiger charge is 2.24. The summed E-state index contributed by atoms with van der Waals surface area (Å²) in [6.07, 6.45) is 3.16. The zero-order valence-electron chi connectivity index (χ0n) is 10.2. The minimum atomic E-state index is 0.316. The molecule has 0 aromatic carbocycles. The third-order valence-electron chi connectivity index (χ3n) is 3.17. The van der Waals surface area contributed by atoms with Crippen LogP contribution in [-0.2, 0) is 4.74 Å². The Kier molecular flexibility index (Phi) is 3.75. The standard InChI is InChI=1S/C11H19N5O/c1-7-5-14-11(16-12)15-10(7)13-6-9-3-4-17-8(9)2/h5,8-9H,3-4,6,12H2,1-2H3,(H2,13,14,15,16). The van der Waals surface area contributed by atoms with Crippen molar-refractivity contribution in [3.05, 3.63) is 11.8 Å². The summed E-state index contributed by atoms with van der Waals surface area (Å²) in [5, 5.41) is 3.33. The predicted molar refractivity (Wildman–Crippen MR) is 66.6 cm³/mol. The van der Waals surface area contributed by atoms with Crippen LogP contribution >= 0.6 is 0 Å². The number of hydrazine groups is 1. The fraction of sp³-hybridized carbons (Fsp3) is 0.636. The van der Waals surface area contributed by atoms with Gasteiger partial charge < -0.3 is 10.1 Å². The van der Waals surface area contributed by atoms with Crippen LogP contribution in [0.1, 0.15) is 18.9 Å². The van der Waals surface area contributed by atoms with Crippen LogP contribution in [0.5, 0.6) is 0 Å². The molecule has 2 heterocycles. The summed E-state index contributed by atoms with van der Waals surface area (Å²) in [6, 6.07) is 0. The first-order valence-corrected chi connectivity index (χ1v) is 5.86. The van der Waals surface area contributed by atoms with Crippen molar-refractivity contribution in [2.24, 2.45) is 11.8 Å². The zero-order chi connectivity index (χ0) is 12.3. The number of aryl methyl sites for hydroxylation is 1. The monoisotopic (exact) mass is 237 g/mol. The van der Waals surface area contributed by atoms with Gasteiger partial charge in [-0.1, -0.05) is 0 Å². The minimum Gasteiger partial charge on any atom is -0.378 e. The SMILES string of the molecule is Cc1cnc(NN)nc1NCC1CCOC1C. The van der Waals surface area contributed by atoms with Gasteiger partial charge in [0, 0.05) is 30.8 Å². The van der Waals surface area contributed by atoms with E-state index in [0.717, 1.165) is 31.0 Å². The lowest BCUT2D eigenvalue weighted by Crippen LogP contribution is -2.22. The summed E-state index contributed by atoms with van der Waals surface area (Å²) in [5.74, 6) is 7.08. The summed E-state index contributed by atoms with van der Waals surface area (Å²) in [6.45, 7) is 5.80. The number of rotatable bonds is 4. The van der Waals surface area contributed by atoms with Crippen molar-refractivity contribution < 1.29 is 4.74 Å². The number of nitrogens with one attached hydrogen (secondary N) is 2. The Bertz CT molecular complexity index is 384. The highest BCUT2D eigenvalue weighted by atomic mass is 16.5. The maximum atomic E-state index is 5.52. The quantitative estimate of drug-likeness (QED) is 0.533. The number of anilines is 2. The van der Waals surface area contributed by atoms with Crippen LogP contribution in [0.4, 0.5) is 11.8 Å². The first-order valence-electron chi connectivity index (χ1n) is 5.86. The Morgan fingerprint density at radius 2 is 2.41 bits per heavy atom. The normalized spacial score (nSPS) is 23.7. The Balaban J connectivity index is 1.98. The molecule has 2 unspecified atom stereocenters. The van der Waals surface area contributed by atoms with E-state index in [1.165, 1.54) is 0 Å². The third kappa shape index (κ3) is 2.83. The van der Waals surface area contributed by atoms with Crippen molar-refractivity contribution >= 4 is 11.8 Å². The molecule has 94 valence electrons. The number of ether oxygens (including phenoxy) is 1. The number of aromatic nitrogens is 2. The molecule has 0 bridgehead atoms. The second kappa shape index (κ2) is 5.29. The number of nitrogen functional groups attached to an aromatic ring is 1. The first-order chi connectivity index (χ1) is 8.20. The van der Waals surface area contributed by atoms with Gasteiger partial charge >= 0.3 is 0 Å². The molecule has 0 spiro atoms. The van der Waals surface area contributed by atoms with Gasteiger partial charge in [-0.05, 0) is 20.3 Å². The van der Waals surface area contributed by atoms with E-state index in [1.54, 1.807) is 6.20 Å². The van der Waals surface area contributed by atoms with Gasteiger partial charge in [0.15, 0.2) is 0 Å². The van der Waals surface area contributed by atoms with Gasteiger partial charge in [0.1, 0.15) is 5.82 Å². The molecule has 1 aliphatic heterocycles. The average molecular weight is 237 g/mol. The van der Waals surface area contributed by atoms with E-state index in [4.69, 9.17) is 10.6 Å². The molecule has 17 heavy (non-hydrogen) atoms. The van der Waals surface area contributed by atoms with Gasteiger partial charge in [0.05, 0.1) is 6.10 Å². The molecule has 0 aliphatic carbocycles. The lowest BCUT2D eigenvalue weighted by molar-refractivity contribution is 0.108. The average Bonchev–Trinajstić information content (AvgIpc) is 2.74. The molecule has 6 heteroatoms. The summed E-state index contributed by atoms with van der Waals surface area (Å²) in [5.41, 5.74) is 3.45. The van der Waals surface area contributed by atoms with Crippen LogP contribution in [0.15, 0.2) is 6.20 Å². The van der Waals surface area contributed by atoms with E-state index in [2.05, 4.69) is 27.6 Å². The topological polar surface area (TPSA) is 85.1 Å². The molecular formula is C11H19N5O. The largest absolute Gasteiger partial charge is 0.378 e. The van der Waals surface area contributed by atoms with E-state index in [-0.39, 0.29) is 0 Å². The molecule has 1 saturated heterocycles. The number of nitrogens with zero attached hydrogens (tertiary/aromatic N) is 2. The molecule has 2 rings (SSSR count). The predicted octanol–water partition coefficient (Wildman–Crippen LogP) is 0.908. The Morgan fingerprint density at radius 1 is 1.59 bits per heavy atom. The lowest BCUT2D eigenvalue weighted by Gasteiger charge is -2.16. The molecular weight excluding hydrogens is 218 g/mol. The van der Waals surface area contributed by atoms with E-state index in [0.29, 0.717) is 18.0 Å². The molecule has 1 fully saturated rings. The number of hydrogen-bond acceptors (Lipinski definition) is 6. The molecule has 0 radical (unpaired) electrons. The summed E-state index contributed by atoms with van der Waals surface area (Å²) in [7, 11) is 0. The lowest BCUT2D eigenvalue weighted by atomic mass is 10.0. The summed E-state index contributed by atoms with van der Waals surface area (Å²) < 4.78 is 5.52. The van der Waals surface area contributed by atoms with Crippen LogP contribution in [0.2, 0.25) is 0 Å². The van der Waals surface area contributed by atoms with Crippen molar-refractivity contribution in [3.8, 4) is 0 Å². The highest BCUT2D eigenvalue weighted by molar-refractivity contribution is 5.46. The molecule has 1 aromatic rings. The van der Waals surface area contributed by atoms with E-state index in [9.17, 15) is 0 Å². The fourth-order valence-electron chi connectivity index (χ4n) is 1.96. The van der Waals surface area contributed by atoms with Crippen molar-refractivity contribution in [2.45, 2.75) is 26.4 Å². The van der Waals surface area contributed by atoms with E-state index in [1.807, 2.05) is 6.92 Å². The molecule has 0 saturated carbocycles. The molecule has 4 N–H and O–H groups in total. The van der Waals surface area contributed by atoms with Gasteiger partial charge in [-0.2, -0.15) is 4.98 Å². The smallest absolute Gasteiger partial charge is 0.239 e. The maximum Gasteiger partial charge on any atom is 0.239 e. The van der Waals surface area contributed by atoms with E-state index >= 15 is 0 Å². The molecule has 6 nitrogen and oxygen atoms in total. The second-order valence-corrected chi connectivity index (χ2v) is 4.38. The van der Waals surface area contributed by atoms with Crippen molar-refractivity contribution in [1.82, 2.24) is 9.97 Å². The minimum absolute atomic E-state index is 0.316. The van der Waals surface area contributed by atoms with Gasteiger partial charge in [-0.15, -0.1) is 0 Å². The van der Waals surface area contributed by atoms with Crippen LogP contribution in [0, 0.1) is 12.8 Å². The molecule has 1 aliphatic rings. The Morgan fingerprint density at radius 3 is 3.06 bits per heavy atom. The number of nitrogens with two attached hydrogens (primary N) is 1. The van der Waals surface area contributed by atoms with E-state index < -0.39 is 0 Å². The third-order valence-corrected chi connectivity index (χ3v) is 3.17. The Hall–Kier alpha value is -1.40. The van der Waals surface area contributed by atoms with Crippen LogP contribution < -0.4 is 16.6 Å². The molecule has 0 amide bonds. The first kappa shape index (κ1) is 12.1. The molecule has 2 atom stereocenters. The summed E-state index contributed by atoms with van der Waals surface area (Å²) in [4.78, 5) is 8.32. The van der Waals surface area contributed by atoms with Crippen molar-refractivity contribution in [2.75, 3.05) is 23.9 Å². The van der Waals surface area contributed by atoms with Crippen LogP contribution in [0.3, 0.4) is 0 Å². The second-order valence-electron chi connectivity index (χ2n) is 4.38.